The predicted molar refractivity (Wildman–Crippen MR) is 182 cm³/mol. The molecule has 0 heterocycles. The minimum absolute atomic E-state index is 0.236. The van der Waals surface area contributed by atoms with Gasteiger partial charge in [-0.2, -0.15) is 8.42 Å². The van der Waals surface area contributed by atoms with E-state index in [-0.39, 0.29) is 13.2 Å². The van der Waals surface area contributed by atoms with E-state index in [1.165, 1.54) is 167 Å². The molecule has 0 aliphatic rings. The first-order valence-electron chi connectivity index (χ1n) is 19.0. The lowest BCUT2D eigenvalue weighted by Gasteiger charge is -2.06. The highest BCUT2D eigenvalue weighted by molar-refractivity contribution is 7.81. The normalized spacial score (nSPS) is 12.0. The number of hydrogen-bond acceptors (Lipinski definition) is 6. The molecule has 0 saturated heterocycles. The Morgan fingerprint density at radius 3 is 0.698 bits per heavy atom. The van der Waals surface area contributed by atoms with Gasteiger partial charge >= 0.3 is 10.4 Å². The maximum atomic E-state index is 11.7. The average molecular weight is 635 g/mol. The molecule has 0 aliphatic heterocycles. The molecule has 0 N–H and O–H groups in total. The molecule has 0 aromatic carbocycles. The van der Waals surface area contributed by atoms with Crippen molar-refractivity contribution in [2.45, 2.75) is 219 Å². The third-order valence-corrected chi connectivity index (χ3v) is 8.95. The summed E-state index contributed by atoms with van der Waals surface area (Å²) in [6.07, 6.45) is 41.4. The molecule has 0 aliphatic carbocycles. The fourth-order valence-electron chi connectivity index (χ4n) is 5.62. The SMILES string of the molecule is CCCCCCCCCCCCCCCCCCOOS(=O)(=O)OOCCCCCCCCCCCCCCCCCC. The van der Waals surface area contributed by atoms with E-state index >= 15 is 0 Å². The van der Waals surface area contributed by atoms with Crippen molar-refractivity contribution in [1.82, 2.24) is 0 Å². The van der Waals surface area contributed by atoms with Crippen molar-refractivity contribution in [2.75, 3.05) is 13.2 Å². The van der Waals surface area contributed by atoms with Gasteiger partial charge in [-0.3, -0.25) is 0 Å². The van der Waals surface area contributed by atoms with Gasteiger partial charge in [0.15, 0.2) is 0 Å². The molecule has 0 radical (unpaired) electrons. The molecule has 6 nitrogen and oxygen atoms in total. The molecule has 0 rings (SSSR count). The van der Waals surface area contributed by atoms with Crippen LogP contribution in [0.3, 0.4) is 0 Å². The second kappa shape index (κ2) is 36.3. The van der Waals surface area contributed by atoms with E-state index in [0.29, 0.717) is 0 Å². The van der Waals surface area contributed by atoms with Gasteiger partial charge < -0.3 is 0 Å². The van der Waals surface area contributed by atoms with Gasteiger partial charge in [0, 0.05) is 0 Å². The lowest BCUT2D eigenvalue weighted by atomic mass is 10.0. The smallest absolute Gasteiger partial charge is 0.218 e. The zero-order valence-electron chi connectivity index (χ0n) is 28.9. The Morgan fingerprint density at radius 1 is 0.302 bits per heavy atom. The Hall–Kier alpha value is -0.210. The monoisotopic (exact) mass is 635 g/mol. The van der Waals surface area contributed by atoms with Gasteiger partial charge in [-0.15, -0.1) is 0 Å². The van der Waals surface area contributed by atoms with Crippen LogP contribution >= 0.6 is 0 Å². The van der Waals surface area contributed by atoms with Gasteiger partial charge in [-0.05, 0) is 12.8 Å². The van der Waals surface area contributed by atoms with Crippen LogP contribution in [-0.4, -0.2) is 21.6 Å². The summed E-state index contributed by atoms with van der Waals surface area (Å²) in [6.45, 7) is 5.02. The zero-order chi connectivity index (χ0) is 31.4. The van der Waals surface area contributed by atoms with Crippen molar-refractivity contribution in [3.05, 3.63) is 0 Å². The number of rotatable bonds is 38. The Balaban J connectivity index is 3.26. The summed E-state index contributed by atoms with van der Waals surface area (Å²) in [5.41, 5.74) is 0. The Labute approximate surface area is 269 Å². The van der Waals surface area contributed by atoms with E-state index in [9.17, 15) is 8.42 Å². The van der Waals surface area contributed by atoms with Crippen molar-refractivity contribution in [1.29, 1.82) is 0 Å². The van der Waals surface area contributed by atoms with E-state index in [1.807, 2.05) is 0 Å². The second-order valence-electron chi connectivity index (χ2n) is 12.8. The minimum atomic E-state index is -4.27. The summed E-state index contributed by atoms with van der Waals surface area (Å²) in [5.74, 6) is 0. The molecule has 0 aromatic rings. The first-order valence-corrected chi connectivity index (χ1v) is 20.3. The van der Waals surface area contributed by atoms with Crippen LogP contribution in [0.2, 0.25) is 0 Å². The van der Waals surface area contributed by atoms with Gasteiger partial charge in [-0.1, -0.05) is 215 Å². The van der Waals surface area contributed by atoms with Crippen LogP contribution in [0.15, 0.2) is 0 Å². The highest BCUT2D eigenvalue weighted by atomic mass is 32.3. The summed E-state index contributed by atoms with van der Waals surface area (Å²) in [6, 6.07) is 0. The fraction of sp³-hybridized carbons (Fsp3) is 1.00. The Kier molecular flexibility index (Phi) is 36.1. The molecule has 7 heteroatoms. The van der Waals surface area contributed by atoms with Gasteiger partial charge in [0.2, 0.25) is 0 Å². The highest BCUT2D eigenvalue weighted by Gasteiger charge is 2.14. The quantitative estimate of drug-likeness (QED) is 0.0382. The molecule has 0 spiro atoms. The summed E-state index contributed by atoms with van der Waals surface area (Å²) in [5, 5.41) is 0. The Morgan fingerprint density at radius 2 is 0.488 bits per heavy atom. The number of unbranched alkanes of at least 4 members (excludes halogenated alkanes) is 30. The maximum Gasteiger partial charge on any atom is 0.453 e. The molecule has 0 aromatic heterocycles. The van der Waals surface area contributed by atoms with Gasteiger partial charge in [0.25, 0.3) is 0 Å². The third-order valence-electron chi connectivity index (χ3n) is 8.43. The van der Waals surface area contributed by atoms with Crippen LogP contribution in [0.25, 0.3) is 0 Å². The van der Waals surface area contributed by atoms with Crippen LogP contribution < -0.4 is 0 Å². The summed E-state index contributed by atoms with van der Waals surface area (Å²) < 4.78 is 32.2. The van der Waals surface area contributed by atoms with Crippen LogP contribution in [0, 0.1) is 0 Å². The first kappa shape index (κ1) is 42.8. The van der Waals surface area contributed by atoms with Crippen molar-refractivity contribution in [3.8, 4) is 0 Å². The largest absolute Gasteiger partial charge is 0.453 e. The molecule has 43 heavy (non-hydrogen) atoms. The third kappa shape index (κ3) is 37.9. The maximum absolute atomic E-state index is 11.7. The molecule has 0 atom stereocenters. The highest BCUT2D eigenvalue weighted by Crippen LogP contribution is 2.15. The van der Waals surface area contributed by atoms with E-state index in [2.05, 4.69) is 22.5 Å². The minimum Gasteiger partial charge on any atom is -0.218 e. The van der Waals surface area contributed by atoms with Gasteiger partial charge in [0.1, 0.15) is 0 Å². The molecule has 0 bridgehead atoms. The number of hydrogen-bond donors (Lipinski definition) is 0. The molecule has 0 saturated carbocycles. The summed E-state index contributed by atoms with van der Waals surface area (Å²) >= 11 is 0. The van der Waals surface area contributed by atoms with Crippen LogP contribution in [0.1, 0.15) is 219 Å². The zero-order valence-corrected chi connectivity index (χ0v) is 29.7. The average Bonchev–Trinajstić information content (AvgIpc) is 3.00. The molecule has 0 amide bonds. The predicted octanol–water partition coefficient (Wildman–Crippen LogP) is 12.7. The topological polar surface area (TPSA) is 71.1 Å². The van der Waals surface area contributed by atoms with Crippen LogP contribution in [-0.2, 0) is 28.8 Å². The molecule has 0 unspecified atom stereocenters. The van der Waals surface area contributed by atoms with E-state index in [1.54, 1.807) is 0 Å². The standard InChI is InChI=1S/C36H74O6S/c1-3-5-7-9-11-13-15-17-19-21-23-25-27-29-31-33-35-39-41-43(37,38)42-40-36-34-32-30-28-26-24-22-20-18-16-14-12-10-8-6-4-2/h3-36H2,1-2H3. The van der Waals surface area contributed by atoms with Crippen molar-refractivity contribution in [3.63, 3.8) is 0 Å². The van der Waals surface area contributed by atoms with E-state index in [4.69, 9.17) is 9.78 Å². The van der Waals surface area contributed by atoms with Crippen molar-refractivity contribution < 1.29 is 26.9 Å². The second-order valence-corrected chi connectivity index (χ2v) is 13.9. The lowest BCUT2D eigenvalue weighted by molar-refractivity contribution is -0.259. The van der Waals surface area contributed by atoms with Crippen LogP contribution in [0.5, 0.6) is 0 Å². The van der Waals surface area contributed by atoms with Crippen molar-refractivity contribution >= 4 is 10.4 Å². The Bertz CT molecular complexity index is 567. The van der Waals surface area contributed by atoms with Crippen molar-refractivity contribution in [2.24, 2.45) is 0 Å². The molecular formula is C36H74O6S. The summed E-state index contributed by atoms with van der Waals surface area (Å²) in [7, 11) is -4.27. The van der Waals surface area contributed by atoms with Gasteiger partial charge in [0.05, 0.1) is 13.2 Å². The first-order chi connectivity index (χ1) is 21.1. The fourth-order valence-corrected chi connectivity index (χ4v) is 6.01. The van der Waals surface area contributed by atoms with Gasteiger partial charge in [-0.25, -0.2) is 9.78 Å². The molecule has 0 fully saturated rings. The van der Waals surface area contributed by atoms with E-state index < -0.39 is 10.4 Å². The molecule has 260 valence electrons. The molecular weight excluding hydrogens is 560 g/mol. The van der Waals surface area contributed by atoms with E-state index in [0.717, 1.165) is 38.5 Å². The lowest BCUT2D eigenvalue weighted by Crippen LogP contribution is -2.12. The summed E-state index contributed by atoms with van der Waals surface area (Å²) in [4.78, 5) is 9.62. The van der Waals surface area contributed by atoms with Crippen LogP contribution in [0.4, 0.5) is 0 Å².